The molecule has 1 fully saturated rings. The summed E-state index contributed by atoms with van der Waals surface area (Å²) < 4.78 is 11.8. The van der Waals surface area contributed by atoms with Gasteiger partial charge in [-0.3, -0.25) is 9.48 Å². The number of carboxylic acids is 1. The molecule has 4 heterocycles. The van der Waals surface area contributed by atoms with E-state index >= 15 is 0 Å². The summed E-state index contributed by atoms with van der Waals surface area (Å²) >= 11 is 7.23. The lowest BCUT2D eigenvalue weighted by molar-refractivity contribution is 0.0688. The Balaban J connectivity index is 1.64. The Labute approximate surface area is 165 Å². The van der Waals surface area contributed by atoms with Gasteiger partial charge in [-0.2, -0.15) is 5.10 Å². The molecule has 1 N–H and O–H groups in total. The third kappa shape index (κ3) is 3.37. The molecule has 3 aromatic rings. The van der Waals surface area contributed by atoms with Crippen LogP contribution in [0.2, 0.25) is 4.34 Å². The molecule has 12 heteroatoms. The Morgan fingerprint density at radius 1 is 1.32 bits per heavy atom. The van der Waals surface area contributed by atoms with Gasteiger partial charge in [-0.1, -0.05) is 16.8 Å². The van der Waals surface area contributed by atoms with Gasteiger partial charge in [0.1, 0.15) is 18.0 Å². The quantitative estimate of drug-likeness (QED) is 0.664. The molecule has 3 aromatic heterocycles. The molecule has 2 amide bonds. The number of cyclic esters (lactones) is 1. The third-order valence-electron chi connectivity index (χ3n) is 3.91. The van der Waals surface area contributed by atoms with Crippen LogP contribution in [0.4, 0.5) is 4.79 Å². The first-order chi connectivity index (χ1) is 13.4. The Hall–Kier alpha value is -3.18. The predicted molar refractivity (Wildman–Crippen MR) is 95.5 cm³/mol. The zero-order chi connectivity index (χ0) is 19.8. The van der Waals surface area contributed by atoms with Gasteiger partial charge in [-0.05, 0) is 12.1 Å². The molecule has 1 saturated heterocycles. The minimum absolute atomic E-state index is 0.0279. The molecular weight excluding hydrogens is 412 g/mol. The SMILES string of the molecule is O=C(O)c1cc(C(=O)N2CCOC2=O)n(Cc2cc(-c3ccc(Cl)s3)on2)n1. The number of carboxylic acid groups (broad SMARTS) is 1. The van der Waals surface area contributed by atoms with Crippen LogP contribution < -0.4 is 0 Å². The van der Waals surface area contributed by atoms with Crippen molar-refractivity contribution >= 4 is 40.9 Å². The Bertz CT molecular complexity index is 1090. The molecule has 28 heavy (non-hydrogen) atoms. The van der Waals surface area contributed by atoms with Crippen LogP contribution in [0.5, 0.6) is 0 Å². The topological polar surface area (TPSA) is 128 Å². The standard InChI is InChI=1S/C16H11ClN4O6S/c17-13-2-1-12(28-13)11-5-8(19-27-11)7-21-10(6-9(18-21)15(23)24)14(22)20-3-4-26-16(20)25/h1-2,5-6H,3-4,7H2,(H,23,24). The predicted octanol–water partition coefficient (Wildman–Crippen LogP) is 2.59. The summed E-state index contributed by atoms with van der Waals surface area (Å²) in [6, 6.07) is 6.25. The van der Waals surface area contributed by atoms with Crippen molar-refractivity contribution in [2.75, 3.05) is 13.2 Å². The number of thiophene rings is 1. The van der Waals surface area contributed by atoms with E-state index in [1.54, 1.807) is 18.2 Å². The van der Waals surface area contributed by atoms with E-state index < -0.39 is 18.0 Å². The van der Waals surface area contributed by atoms with E-state index in [0.29, 0.717) is 15.8 Å². The number of nitrogens with zero attached hydrogens (tertiary/aromatic N) is 4. The lowest BCUT2D eigenvalue weighted by atomic mass is 10.3. The number of carbonyl (C=O) groups excluding carboxylic acids is 2. The molecule has 0 bridgehead atoms. The number of aromatic nitrogens is 3. The maximum absolute atomic E-state index is 12.6. The Morgan fingerprint density at radius 3 is 2.79 bits per heavy atom. The highest BCUT2D eigenvalue weighted by Gasteiger charge is 2.32. The second-order valence-electron chi connectivity index (χ2n) is 5.74. The van der Waals surface area contributed by atoms with Gasteiger partial charge in [0.25, 0.3) is 5.91 Å². The number of imide groups is 1. The zero-order valence-electron chi connectivity index (χ0n) is 14.0. The fraction of sp³-hybridized carbons (Fsp3) is 0.188. The summed E-state index contributed by atoms with van der Waals surface area (Å²) in [6.07, 6.45) is -0.784. The lowest BCUT2D eigenvalue weighted by Gasteiger charge is -2.11. The van der Waals surface area contributed by atoms with Gasteiger partial charge in [-0.15, -0.1) is 11.3 Å². The number of aromatic carboxylic acids is 1. The van der Waals surface area contributed by atoms with Crippen LogP contribution in [0.3, 0.4) is 0 Å². The van der Waals surface area contributed by atoms with E-state index in [1.165, 1.54) is 16.0 Å². The van der Waals surface area contributed by atoms with E-state index in [9.17, 15) is 19.5 Å². The smallest absolute Gasteiger partial charge is 0.417 e. The minimum Gasteiger partial charge on any atom is -0.476 e. The Morgan fingerprint density at radius 2 is 2.14 bits per heavy atom. The highest BCUT2D eigenvalue weighted by molar-refractivity contribution is 7.19. The van der Waals surface area contributed by atoms with Crippen LogP contribution in [0.15, 0.2) is 28.8 Å². The number of hydrogen-bond donors (Lipinski definition) is 1. The second kappa shape index (κ2) is 7.09. The fourth-order valence-electron chi connectivity index (χ4n) is 2.63. The maximum atomic E-state index is 12.6. The van der Waals surface area contributed by atoms with Gasteiger partial charge in [0.2, 0.25) is 0 Å². The summed E-state index contributed by atoms with van der Waals surface area (Å²) in [7, 11) is 0. The molecule has 0 aliphatic carbocycles. The normalized spacial score (nSPS) is 13.8. The van der Waals surface area contributed by atoms with Crippen LogP contribution in [0.1, 0.15) is 26.7 Å². The molecule has 0 saturated carbocycles. The monoisotopic (exact) mass is 422 g/mol. The molecule has 4 rings (SSSR count). The minimum atomic E-state index is -1.30. The number of carbonyl (C=O) groups is 3. The highest BCUT2D eigenvalue weighted by atomic mass is 35.5. The van der Waals surface area contributed by atoms with Crippen molar-refractivity contribution in [3.8, 4) is 10.6 Å². The fourth-order valence-corrected chi connectivity index (χ4v) is 3.62. The van der Waals surface area contributed by atoms with E-state index in [1.807, 2.05) is 0 Å². The third-order valence-corrected chi connectivity index (χ3v) is 5.16. The van der Waals surface area contributed by atoms with Crippen molar-refractivity contribution in [1.82, 2.24) is 19.8 Å². The zero-order valence-corrected chi connectivity index (χ0v) is 15.6. The van der Waals surface area contributed by atoms with E-state index in [-0.39, 0.29) is 31.1 Å². The summed E-state index contributed by atoms with van der Waals surface area (Å²) in [4.78, 5) is 37.3. The van der Waals surface area contributed by atoms with Crippen molar-refractivity contribution in [3.05, 3.63) is 45.7 Å². The van der Waals surface area contributed by atoms with Gasteiger partial charge < -0.3 is 14.4 Å². The van der Waals surface area contributed by atoms with E-state index in [0.717, 1.165) is 15.8 Å². The lowest BCUT2D eigenvalue weighted by Crippen LogP contribution is -2.33. The maximum Gasteiger partial charge on any atom is 0.417 e. The van der Waals surface area contributed by atoms with Gasteiger partial charge in [0.05, 0.1) is 22.3 Å². The molecule has 0 spiro atoms. The van der Waals surface area contributed by atoms with Crippen molar-refractivity contribution in [1.29, 1.82) is 0 Å². The van der Waals surface area contributed by atoms with Gasteiger partial charge >= 0.3 is 12.1 Å². The molecular formula is C16H11ClN4O6S. The average Bonchev–Trinajstić information content (AvgIpc) is 3.41. The molecule has 0 atom stereocenters. The molecule has 1 aliphatic rings. The molecule has 0 radical (unpaired) electrons. The molecule has 144 valence electrons. The van der Waals surface area contributed by atoms with Crippen molar-refractivity contribution < 1.29 is 28.8 Å². The van der Waals surface area contributed by atoms with E-state index in [2.05, 4.69) is 10.3 Å². The van der Waals surface area contributed by atoms with Gasteiger partial charge in [0, 0.05) is 12.1 Å². The molecule has 0 unspecified atom stereocenters. The number of rotatable bonds is 5. The molecule has 1 aliphatic heterocycles. The Kier molecular flexibility index (Phi) is 4.61. The number of ether oxygens (including phenoxy) is 1. The average molecular weight is 423 g/mol. The first kappa shape index (κ1) is 18.2. The van der Waals surface area contributed by atoms with Crippen LogP contribution in [-0.2, 0) is 11.3 Å². The number of hydrogen-bond acceptors (Lipinski definition) is 8. The summed E-state index contributed by atoms with van der Waals surface area (Å²) in [6.45, 7) is 0.138. The van der Waals surface area contributed by atoms with Crippen LogP contribution in [0.25, 0.3) is 10.6 Å². The van der Waals surface area contributed by atoms with Crippen LogP contribution >= 0.6 is 22.9 Å². The van der Waals surface area contributed by atoms with Gasteiger partial charge in [0.15, 0.2) is 11.5 Å². The van der Waals surface area contributed by atoms with Crippen LogP contribution in [0, 0.1) is 0 Å². The van der Waals surface area contributed by atoms with Crippen LogP contribution in [-0.4, -0.2) is 56.1 Å². The first-order valence-electron chi connectivity index (χ1n) is 7.93. The summed E-state index contributed by atoms with van der Waals surface area (Å²) in [5, 5.41) is 17.1. The summed E-state index contributed by atoms with van der Waals surface area (Å²) in [5.74, 6) is -1.52. The largest absolute Gasteiger partial charge is 0.476 e. The molecule has 10 nitrogen and oxygen atoms in total. The number of amides is 2. The van der Waals surface area contributed by atoms with Crippen molar-refractivity contribution in [3.63, 3.8) is 0 Å². The summed E-state index contributed by atoms with van der Waals surface area (Å²) in [5.41, 5.74) is 0.0160. The van der Waals surface area contributed by atoms with Crippen molar-refractivity contribution in [2.45, 2.75) is 6.54 Å². The molecule has 0 aromatic carbocycles. The van der Waals surface area contributed by atoms with E-state index in [4.69, 9.17) is 20.9 Å². The van der Waals surface area contributed by atoms with Crippen molar-refractivity contribution in [2.24, 2.45) is 0 Å². The van der Waals surface area contributed by atoms with Gasteiger partial charge in [-0.25, -0.2) is 14.5 Å². The number of halogens is 1. The first-order valence-corrected chi connectivity index (χ1v) is 9.13. The highest BCUT2D eigenvalue weighted by Crippen LogP contribution is 2.31. The second-order valence-corrected chi connectivity index (χ2v) is 7.45.